The van der Waals surface area contributed by atoms with Gasteiger partial charge in [-0.05, 0) is 19.3 Å². The SMILES string of the molecule is CCCCNc1cc(NC2CCCC2)ncn1. The van der Waals surface area contributed by atoms with Crippen molar-refractivity contribution in [3.63, 3.8) is 0 Å². The van der Waals surface area contributed by atoms with E-state index in [1.807, 2.05) is 6.07 Å². The van der Waals surface area contributed by atoms with E-state index in [9.17, 15) is 0 Å². The maximum absolute atomic E-state index is 4.27. The van der Waals surface area contributed by atoms with E-state index in [4.69, 9.17) is 0 Å². The number of rotatable bonds is 6. The predicted octanol–water partition coefficient (Wildman–Crippen LogP) is 3.04. The highest BCUT2D eigenvalue weighted by molar-refractivity contribution is 5.46. The summed E-state index contributed by atoms with van der Waals surface area (Å²) < 4.78 is 0. The minimum atomic E-state index is 0.605. The third-order valence-corrected chi connectivity index (χ3v) is 3.21. The Labute approximate surface area is 103 Å². The van der Waals surface area contributed by atoms with Gasteiger partial charge in [-0.2, -0.15) is 0 Å². The zero-order valence-electron chi connectivity index (χ0n) is 10.6. The lowest BCUT2D eigenvalue weighted by atomic mass is 10.2. The Morgan fingerprint density at radius 1 is 1.24 bits per heavy atom. The van der Waals surface area contributed by atoms with E-state index in [0.717, 1.165) is 18.2 Å². The van der Waals surface area contributed by atoms with Crippen LogP contribution in [0.1, 0.15) is 45.4 Å². The molecule has 0 aromatic carbocycles. The van der Waals surface area contributed by atoms with Gasteiger partial charge >= 0.3 is 0 Å². The molecule has 1 aromatic rings. The molecule has 0 aliphatic heterocycles. The first-order chi connectivity index (χ1) is 8.38. The number of unbranched alkanes of at least 4 members (excludes halogenated alkanes) is 1. The molecule has 4 nitrogen and oxygen atoms in total. The molecule has 0 atom stereocenters. The summed E-state index contributed by atoms with van der Waals surface area (Å²) in [6.45, 7) is 3.17. The molecule has 17 heavy (non-hydrogen) atoms. The summed E-state index contributed by atoms with van der Waals surface area (Å²) in [5.41, 5.74) is 0. The second-order valence-electron chi connectivity index (χ2n) is 4.69. The van der Waals surface area contributed by atoms with E-state index in [1.54, 1.807) is 6.33 Å². The van der Waals surface area contributed by atoms with Crippen molar-refractivity contribution in [1.82, 2.24) is 9.97 Å². The molecule has 1 aliphatic rings. The highest BCUT2D eigenvalue weighted by atomic mass is 15.1. The molecule has 94 valence electrons. The maximum Gasteiger partial charge on any atom is 0.131 e. The van der Waals surface area contributed by atoms with Crippen molar-refractivity contribution >= 4 is 11.6 Å². The zero-order valence-corrected chi connectivity index (χ0v) is 10.6. The molecule has 1 fully saturated rings. The quantitative estimate of drug-likeness (QED) is 0.743. The zero-order chi connectivity index (χ0) is 11.9. The molecular formula is C13H22N4. The fourth-order valence-electron chi connectivity index (χ4n) is 2.21. The molecule has 1 aliphatic carbocycles. The van der Waals surface area contributed by atoms with Crippen LogP contribution in [0.15, 0.2) is 12.4 Å². The van der Waals surface area contributed by atoms with Crippen molar-refractivity contribution in [1.29, 1.82) is 0 Å². The lowest BCUT2D eigenvalue weighted by molar-refractivity contribution is 0.749. The van der Waals surface area contributed by atoms with E-state index < -0.39 is 0 Å². The van der Waals surface area contributed by atoms with E-state index in [2.05, 4.69) is 27.5 Å². The molecule has 4 heteroatoms. The van der Waals surface area contributed by atoms with E-state index in [0.29, 0.717) is 6.04 Å². The Morgan fingerprint density at radius 3 is 2.76 bits per heavy atom. The van der Waals surface area contributed by atoms with Crippen LogP contribution in [-0.4, -0.2) is 22.6 Å². The normalized spacial score (nSPS) is 16.1. The molecule has 0 saturated heterocycles. The minimum Gasteiger partial charge on any atom is -0.370 e. The largest absolute Gasteiger partial charge is 0.370 e. The highest BCUT2D eigenvalue weighted by Crippen LogP contribution is 2.21. The van der Waals surface area contributed by atoms with Gasteiger partial charge in [-0.15, -0.1) is 0 Å². The van der Waals surface area contributed by atoms with Crippen molar-refractivity contribution in [3.8, 4) is 0 Å². The van der Waals surface area contributed by atoms with Gasteiger partial charge in [-0.3, -0.25) is 0 Å². The molecule has 1 saturated carbocycles. The number of nitrogens with one attached hydrogen (secondary N) is 2. The van der Waals surface area contributed by atoms with Gasteiger partial charge < -0.3 is 10.6 Å². The molecule has 0 bridgehead atoms. The van der Waals surface area contributed by atoms with Gasteiger partial charge in [-0.25, -0.2) is 9.97 Å². The Bertz CT molecular complexity index is 334. The van der Waals surface area contributed by atoms with Gasteiger partial charge in [-0.1, -0.05) is 26.2 Å². The first-order valence-electron chi connectivity index (χ1n) is 6.71. The van der Waals surface area contributed by atoms with E-state index in [1.165, 1.54) is 38.5 Å². The third kappa shape index (κ3) is 3.88. The molecule has 0 radical (unpaired) electrons. The number of hydrogen-bond acceptors (Lipinski definition) is 4. The lowest BCUT2D eigenvalue weighted by Gasteiger charge is -2.13. The number of anilines is 2. The Balaban J connectivity index is 1.86. The van der Waals surface area contributed by atoms with Crippen molar-refractivity contribution in [2.45, 2.75) is 51.5 Å². The van der Waals surface area contributed by atoms with Crippen molar-refractivity contribution in [2.24, 2.45) is 0 Å². The Kier molecular flexibility index (Phi) is 4.59. The fourth-order valence-corrected chi connectivity index (χ4v) is 2.21. The topological polar surface area (TPSA) is 49.8 Å². The molecule has 1 aromatic heterocycles. The van der Waals surface area contributed by atoms with Gasteiger partial charge in [0.05, 0.1) is 0 Å². The van der Waals surface area contributed by atoms with E-state index in [-0.39, 0.29) is 0 Å². The summed E-state index contributed by atoms with van der Waals surface area (Å²) in [5, 5.41) is 6.80. The van der Waals surface area contributed by atoms with Gasteiger partial charge in [0, 0.05) is 18.7 Å². The minimum absolute atomic E-state index is 0.605. The standard InChI is InChI=1S/C13H22N4/c1-2-3-8-14-12-9-13(16-10-15-12)17-11-6-4-5-7-11/h9-11H,2-8H2,1H3,(H2,14,15,16,17). The second kappa shape index (κ2) is 6.42. The average Bonchev–Trinajstić information content (AvgIpc) is 2.83. The van der Waals surface area contributed by atoms with Gasteiger partial charge in [0.25, 0.3) is 0 Å². The molecule has 2 N–H and O–H groups in total. The highest BCUT2D eigenvalue weighted by Gasteiger charge is 2.14. The van der Waals surface area contributed by atoms with Crippen LogP contribution in [0.2, 0.25) is 0 Å². The molecular weight excluding hydrogens is 212 g/mol. The van der Waals surface area contributed by atoms with Crippen LogP contribution < -0.4 is 10.6 Å². The fraction of sp³-hybridized carbons (Fsp3) is 0.692. The Hall–Kier alpha value is -1.32. The number of aromatic nitrogens is 2. The van der Waals surface area contributed by atoms with Crippen LogP contribution in [0.3, 0.4) is 0 Å². The molecule has 0 unspecified atom stereocenters. The van der Waals surface area contributed by atoms with Crippen LogP contribution in [0.5, 0.6) is 0 Å². The van der Waals surface area contributed by atoms with E-state index >= 15 is 0 Å². The molecule has 2 rings (SSSR count). The summed E-state index contributed by atoms with van der Waals surface area (Å²) in [4.78, 5) is 8.49. The lowest BCUT2D eigenvalue weighted by Crippen LogP contribution is -2.16. The number of nitrogens with zero attached hydrogens (tertiary/aromatic N) is 2. The molecule has 0 spiro atoms. The van der Waals surface area contributed by atoms with Crippen LogP contribution in [0.25, 0.3) is 0 Å². The first-order valence-corrected chi connectivity index (χ1v) is 6.71. The monoisotopic (exact) mass is 234 g/mol. The summed E-state index contributed by atoms with van der Waals surface area (Å²) in [6.07, 6.45) is 9.21. The van der Waals surface area contributed by atoms with Crippen LogP contribution in [0, 0.1) is 0 Å². The summed E-state index contributed by atoms with van der Waals surface area (Å²) in [7, 11) is 0. The summed E-state index contributed by atoms with van der Waals surface area (Å²) in [5.74, 6) is 1.87. The van der Waals surface area contributed by atoms with Gasteiger partial charge in [0.2, 0.25) is 0 Å². The third-order valence-electron chi connectivity index (χ3n) is 3.21. The van der Waals surface area contributed by atoms with Crippen LogP contribution >= 0.6 is 0 Å². The maximum atomic E-state index is 4.27. The summed E-state index contributed by atoms with van der Waals surface area (Å²) in [6, 6.07) is 2.61. The van der Waals surface area contributed by atoms with Gasteiger partial charge in [0.15, 0.2) is 0 Å². The van der Waals surface area contributed by atoms with Crippen molar-refractivity contribution in [3.05, 3.63) is 12.4 Å². The Morgan fingerprint density at radius 2 is 2.00 bits per heavy atom. The van der Waals surface area contributed by atoms with Gasteiger partial charge in [0.1, 0.15) is 18.0 Å². The van der Waals surface area contributed by atoms with Crippen LogP contribution in [0.4, 0.5) is 11.6 Å². The average molecular weight is 234 g/mol. The predicted molar refractivity (Wildman–Crippen MR) is 71.3 cm³/mol. The smallest absolute Gasteiger partial charge is 0.131 e. The molecule has 0 amide bonds. The second-order valence-corrected chi connectivity index (χ2v) is 4.69. The first kappa shape index (κ1) is 12.1. The van der Waals surface area contributed by atoms with Crippen LogP contribution in [-0.2, 0) is 0 Å². The molecule has 1 heterocycles. The van der Waals surface area contributed by atoms with Crippen molar-refractivity contribution in [2.75, 3.05) is 17.2 Å². The van der Waals surface area contributed by atoms with Crippen molar-refractivity contribution < 1.29 is 0 Å². The number of hydrogen-bond donors (Lipinski definition) is 2. The summed E-state index contributed by atoms with van der Waals surface area (Å²) >= 11 is 0.